The van der Waals surface area contributed by atoms with E-state index in [0.717, 1.165) is 50.9 Å². The van der Waals surface area contributed by atoms with Crippen LogP contribution in [-0.2, 0) is 43.0 Å². The lowest BCUT2D eigenvalue weighted by molar-refractivity contribution is -0.136. The first kappa shape index (κ1) is 38.7. The largest absolute Gasteiger partial charge is 0.502 e. The second kappa shape index (κ2) is 20.6. The molecule has 0 saturated carbocycles. The van der Waals surface area contributed by atoms with Gasteiger partial charge >= 0.3 is 23.9 Å². The highest BCUT2D eigenvalue weighted by Crippen LogP contribution is 2.36. The Hall–Kier alpha value is -6.35. The summed E-state index contributed by atoms with van der Waals surface area (Å²) in [6, 6.07) is 7.62. The first-order chi connectivity index (χ1) is 22.5. The lowest BCUT2D eigenvalue weighted by Crippen LogP contribution is -2.11. The molecule has 0 amide bonds. The molecule has 0 fully saturated rings. The number of benzene rings is 2. The number of rotatable bonds is 10. The molecule has 15 heteroatoms. The number of methoxy groups -OCH3 is 3. The molecule has 0 atom stereocenters. The number of carbonyl (C=O) groups is 6. The van der Waals surface area contributed by atoms with E-state index in [9.17, 15) is 38.7 Å². The zero-order valence-corrected chi connectivity index (χ0v) is 25.7. The maximum absolute atomic E-state index is 13.1. The summed E-state index contributed by atoms with van der Waals surface area (Å²) >= 11 is 0. The van der Waals surface area contributed by atoms with E-state index >= 15 is 0 Å². The molecule has 1 aromatic heterocycles. The van der Waals surface area contributed by atoms with E-state index in [-0.39, 0.29) is 34.9 Å². The Morgan fingerprint density at radius 1 is 0.766 bits per heavy atom. The molecule has 0 aliphatic heterocycles. The molecule has 15 nitrogen and oxygen atoms in total. The molecule has 248 valence electrons. The van der Waals surface area contributed by atoms with Crippen molar-refractivity contribution < 1.29 is 66.7 Å². The van der Waals surface area contributed by atoms with Gasteiger partial charge in [-0.25, -0.2) is 19.2 Å². The van der Waals surface area contributed by atoms with Gasteiger partial charge in [-0.05, 0) is 37.3 Å². The minimum atomic E-state index is -1.12. The topological polar surface area (TPSA) is 208 Å². The molecule has 0 aliphatic rings. The number of allylic oxidation sites excluding steroid dienone is 2. The van der Waals surface area contributed by atoms with Crippen LogP contribution in [0.2, 0.25) is 0 Å². The Morgan fingerprint density at radius 2 is 1.30 bits per heavy atom. The zero-order valence-electron chi connectivity index (χ0n) is 25.7. The Bertz CT molecular complexity index is 1710. The van der Waals surface area contributed by atoms with Crippen molar-refractivity contribution in [3.05, 3.63) is 83.1 Å². The highest BCUT2D eigenvalue weighted by Gasteiger charge is 2.22. The molecule has 3 aromatic rings. The fraction of sp³-hybridized carbons (Fsp3) is 0.156. The standard InChI is InChI=1S/C26H18O13.C4H6O.C2H6O/c1-34-19(28)7-9-21(30)37-16-11-17(38-22(31)10-8-20(29)35-2)23-18(12-16)39-26(25(33)24(23)32)14-3-5-15(6-4-14)36-13-27;1-2-3-4-5;1-3-2/h3-13,33H,1-2H3;2-4H,1H3;1-2H3/b9-7+,10-8+;3-2+;. The van der Waals surface area contributed by atoms with E-state index in [1.165, 1.54) is 30.3 Å². The third-order valence-electron chi connectivity index (χ3n) is 5.02. The minimum absolute atomic E-state index is 0.180. The van der Waals surface area contributed by atoms with Crippen molar-refractivity contribution in [2.75, 3.05) is 28.4 Å². The average molecular weight is 655 g/mol. The monoisotopic (exact) mass is 654 g/mol. The van der Waals surface area contributed by atoms with Crippen LogP contribution in [0.15, 0.2) is 82.1 Å². The third-order valence-corrected chi connectivity index (χ3v) is 5.02. The van der Waals surface area contributed by atoms with Crippen molar-refractivity contribution in [2.45, 2.75) is 6.92 Å². The van der Waals surface area contributed by atoms with Crippen LogP contribution in [0.25, 0.3) is 22.3 Å². The van der Waals surface area contributed by atoms with Gasteiger partial charge in [0.15, 0.2) is 5.76 Å². The minimum Gasteiger partial charge on any atom is -0.502 e. The van der Waals surface area contributed by atoms with Crippen LogP contribution in [0, 0.1) is 0 Å². The summed E-state index contributed by atoms with van der Waals surface area (Å²) in [6.45, 7) is 2.02. The summed E-state index contributed by atoms with van der Waals surface area (Å²) in [7, 11) is 5.45. The number of aromatic hydroxyl groups is 1. The lowest BCUT2D eigenvalue weighted by Gasteiger charge is -2.11. The summed E-state index contributed by atoms with van der Waals surface area (Å²) in [4.78, 5) is 79.9. The van der Waals surface area contributed by atoms with Gasteiger partial charge in [0, 0.05) is 56.2 Å². The Labute approximate surface area is 267 Å². The molecule has 0 spiro atoms. The van der Waals surface area contributed by atoms with E-state index in [2.05, 4.69) is 14.2 Å². The van der Waals surface area contributed by atoms with Gasteiger partial charge in [0.1, 0.15) is 34.5 Å². The van der Waals surface area contributed by atoms with Crippen LogP contribution in [0.5, 0.6) is 23.0 Å². The SMILES string of the molecule is C/C=C/C=O.COC.COC(=O)/C=C/C(=O)Oc1cc(OC(=O)/C=C/C(=O)OC)c2c(=O)c(O)c(-c3ccc(OC=O)cc3)oc2c1. The first-order valence-electron chi connectivity index (χ1n) is 13.0. The normalized spacial score (nSPS) is 10.3. The van der Waals surface area contributed by atoms with Gasteiger partial charge in [-0.3, -0.25) is 14.4 Å². The van der Waals surface area contributed by atoms with Gasteiger partial charge in [0.25, 0.3) is 6.47 Å². The average Bonchev–Trinajstić information content (AvgIpc) is 3.05. The summed E-state index contributed by atoms with van der Waals surface area (Å²) in [5.74, 6) is -5.58. The Kier molecular flexibility index (Phi) is 16.9. The van der Waals surface area contributed by atoms with Gasteiger partial charge in [-0.2, -0.15) is 0 Å². The van der Waals surface area contributed by atoms with E-state index in [1.54, 1.807) is 27.2 Å². The number of esters is 4. The van der Waals surface area contributed by atoms with E-state index in [1.807, 2.05) is 0 Å². The van der Waals surface area contributed by atoms with E-state index < -0.39 is 46.2 Å². The predicted octanol–water partition coefficient (Wildman–Crippen LogP) is 2.99. The summed E-state index contributed by atoms with van der Waals surface area (Å²) in [5, 5.41) is 10.2. The highest BCUT2D eigenvalue weighted by molar-refractivity contribution is 5.96. The van der Waals surface area contributed by atoms with Crippen molar-refractivity contribution in [3.63, 3.8) is 0 Å². The molecule has 0 radical (unpaired) electrons. The summed E-state index contributed by atoms with van der Waals surface area (Å²) in [6.07, 6.45) is 6.93. The molecular weight excluding hydrogens is 624 g/mol. The van der Waals surface area contributed by atoms with Gasteiger partial charge in [-0.1, -0.05) is 6.08 Å². The maximum atomic E-state index is 13.1. The van der Waals surface area contributed by atoms with Crippen molar-refractivity contribution in [1.29, 1.82) is 0 Å². The van der Waals surface area contributed by atoms with Crippen molar-refractivity contribution in [3.8, 4) is 34.3 Å². The molecule has 1 heterocycles. The van der Waals surface area contributed by atoms with Crippen molar-refractivity contribution in [1.82, 2.24) is 0 Å². The molecule has 1 N–H and O–H groups in total. The molecule has 0 saturated heterocycles. The third kappa shape index (κ3) is 12.7. The molecule has 47 heavy (non-hydrogen) atoms. The van der Waals surface area contributed by atoms with Gasteiger partial charge < -0.3 is 37.9 Å². The van der Waals surface area contributed by atoms with Crippen molar-refractivity contribution >= 4 is 47.6 Å². The van der Waals surface area contributed by atoms with Crippen LogP contribution in [0.1, 0.15) is 6.92 Å². The van der Waals surface area contributed by atoms with E-state index in [0.29, 0.717) is 6.08 Å². The van der Waals surface area contributed by atoms with Crippen LogP contribution < -0.4 is 19.6 Å². The second-order valence-electron chi connectivity index (χ2n) is 8.27. The number of aldehydes is 1. The zero-order chi connectivity index (χ0) is 35.4. The molecule has 0 aliphatic carbocycles. The molecule has 2 aromatic carbocycles. The summed E-state index contributed by atoms with van der Waals surface area (Å²) < 4.78 is 33.7. The fourth-order valence-electron chi connectivity index (χ4n) is 3.10. The maximum Gasteiger partial charge on any atom is 0.336 e. The highest BCUT2D eigenvalue weighted by atomic mass is 16.6. The first-order valence-corrected chi connectivity index (χ1v) is 13.0. The number of ether oxygens (including phenoxy) is 6. The molecule has 0 unspecified atom stereocenters. The smallest absolute Gasteiger partial charge is 0.336 e. The Balaban J connectivity index is 0.00000124. The summed E-state index contributed by atoms with van der Waals surface area (Å²) in [5.41, 5.74) is -1.08. The van der Waals surface area contributed by atoms with Gasteiger partial charge in [-0.15, -0.1) is 0 Å². The number of carbonyl (C=O) groups excluding carboxylic acids is 6. The Morgan fingerprint density at radius 3 is 1.77 bits per heavy atom. The lowest BCUT2D eigenvalue weighted by atomic mass is 10.1. The van der Waals surface area contributed by atoms with E-state index in [4.69, 9.17) is 18.6 Å². The van der Waals surface area contributed by atoms with Gasteiger partial charge in [0.05, 0.1) is 14.2 Å². The quantitative estimate of drug-likeness (QED) is 0.144. The van der Waals surface area contributed by atoms with Gasteiger partial charge in [0.2, 0.25) is 11.2 Å². The van der Waals surface area contributed by atoms with Crippen LogP contribution in [-0.4, -0.2) is 70.2 Å². The molecule has 3 rings (SSSR count). The van der Waals surface area contributed by atoms with Crippen LogP contribution in [0.3, 0.4) is 0 Å². The number of fused-ring (bicyclic) bond motifs is 1. The fourth-order valence-corrected chi connectivity index (χ4v) is 3.10. The van der Waals surface area contributed by atoms with Crippen LogP contribution in [0.4, 0.5) is 0 Å². The molecular formula is C32H30O15. The molecule has 0 bridgehead atoms. The number of hydrogen-bond donors (Lipinski definition) is 1. The van der Waals surface area contributed by atoms with Crippen LogP contribution >= 0.6 is 0 Å². The number of hydrogen-bond acceptors (Lipinski definition) is 15. The van der Waals surface area contributed by atoms with Crippen molar-refractivity contribution in [2.24, 2.45) is 0 Å². The second-order valence-corrected chi connectivity index (χ2v) is 8.27. The predicted molar refractivity (Wildman–Crippen MR) is 164 cm³/mol.